The highest BCUT2D eigenvalue weighted by atomic mass is 16.5. The zero-order valence-corrected chi connectivity index (χ0v) is 8.95. The average Bonchev–Trinajstić information content (AvgIpc) is 2.27. The molecule has 0 aromatic heterocycles. The van der Waals surface area contributed by atoms with Gasteiger partial charge in [-0.15, -0.1) is 0 Å². The van der Waals surface area contributed by atoms with Crippen molar-refractivity contribution in [2.45, 2.75) is 13.2 Å². The second-order valence-electron chi connectivity index (χ2n) is 3.11. The monoisotopic (exact) mass is 204 g/mol. The topological polar surface area (TPSA) is 35.5 Å². The second-order valence-corrected chi connectivity index (χ2v) is 3.11. The Balaban J connectivity index is 2.89. The van der Waals surface area contributed by atoms with Gasteiger partial charge in [0.2, 0.25) is 0 Å². The SMILES string of the molecule is [B]CCOc1ccc(C)c(C(=O)OC)c1. The molecular formula is C11H13BO3. The maximum atomic E-state index is 11.4. The fourth-order valence-electron chi connectivity index (χ4n) is 1.20. The third-order valence-corrected chi connectivity index (χ3v) is 2.00. The number of aryl methyl sites for hydroxylation is 1. The molecule has 0 fully saturated rings. The van der Waals surface area contributed by atoms with Crippen molar-refractivity contribution in [3.8, 4) is 5.75 Å². The van der Waals surface area contributed by atoms with Crippen LogP contribution in [-0.4, -0.2) is 27.5 Å². The van der Waals surface area contributed by atoms with Gasteiger partial charge in [0.1, 0.15) is 5.75 Å². The number of carbonyl (C=O) groups is 1. The van der Waals surface area contributed by atoms with E-state index in [0.29, 0.717) is 24.2 Å². The number of hydrogen-bond acceptors (Lipinski definition) is 3. The first-order chi connectivity index (χ1) is 7.19. The number of ether oxygens (including phenoxy) is 2. The molecule has 3 nitrogen and oxygen atoms in total. The van der Waals surface area contributed by atoms with E-state index < -0.39 is 0 Å². The summed E-state index contributed by atoms with van der Waals surface area (Å²) in [7, 11) is 6.67. The van der Waals surface area contributed by atoms with E-state index in [0.717, 1.165) is 5.56 Å². The predicted octanol–water partition coefficient (Wildman–Crippen LogP) is 1.75. The first-order valence-electron chi connectivity index (χ1n) is 4.71. The first kappa shape index (κ1) is 11.6. The van der Waals surface area contributed by atoms with Crippen molar-refractivity contribution in [3.63, 3.8) is 0 Å². The standard InChI is InChI=1S/C11H13BO3/c1-8-3-4-9(15-6-5-12)7-10(8)11(13)14-2/h3-4,7H,5-6H2,1-2H3. The number of esters is 1. The van der Waals surface area contributed by atoms with E-state index in [9.17, 15) is 4.79 Å². The summed E-state index contributed by atoms with van der Waals surface area (Å²) in [4.78, 5) is 11.4. The summed E-state index contributed by atoms with van der Waals surface area (Å²) >= 11 is 0. The van der Waals surface area contributed by atoms with Crippen LogP contribution in [-0.2, 0) is 4.74 Å². The molecule has 0 saturated carbocycles. The van der Waals surface area contributed by atoms with Crippen molar-refractivity contribution in [1.82, 2.24) is 0 Å². The molecule has 0 aliphatic carbocycles. The van der Waals surface area contributed by atoms with Crippen LogP contribution in [0.3, 0.4) is 0 Å². The summed E-state index contributed by atoms with van der Waals surface area (Å²) in [5.74, 6) is 0.275. The van der Waals surface area contributed by atoms with Crippen LogP contribution in [0, 0.1) is 6.92 Å². The van der Waals surface area contributed by atoms with E-state index in [4.69, 9.17) is 12.6 Å². The van der Waals surface area contributed by atoms with Crippen molar-refractivity contribution in [1.29, 1.82) is 0 Å². The molecule has 1 aromatic rings. The molecule has 0 N–H and O–H groups in total. The maximum Gasteiger partial charge on any atom is 0.338 e. The highest BCUT2D eigenvalue weighted by Crippen LogP contribution is 2.18. The van der Waals surface area contributed by atoms with Crippen LogP contribution in [0.2, 0.25) is 6.32 Å². The van der Waals surface area contributed by atoms with Crippen molar-refractivity contribution in [2.75, 3.05) is 13.7 Å². The molecule has 1 aromatic carbocycles. The van der Waals surface area contributed by atoms with Crippen LogP contribution in [0.5, 0.6) is 5.75 Å². The van der Waals surface area contributed by atoms with Crippen molar-refractivity contribution < 1.29 is 14.3 Å². The molecule has 15 heavy (non-hydrogen) atoms. The Morgan fingerprint density at radius 3 is 2.80 bits per heavy atom. The predicted molar refractivity (Wildman–Crippen MR) is 58.6 cm³/mol. The summed E-state index contributed by atoms with van der Waals surface area (Å²) in [6.07, 6.45) is 0.446. The van der Waals surface area contributed by atoms with Gasteiger partial charge in [0, 0.05) is 0 Å². The highest BCUT2D eigenvalue weighted by molar-refractivity contribution is 6.08. The highest BCUT2D eigenvalue weighted by Gasteiger charge is 2.09. The van der Waals surface area contributed by atoms with Crippen molar-refractivity contribution in [2.24, 2.45) is 0 Å². The number of benzene rings is 1. The molecule has 2 radical (unpaired) electrons. The molecule has 0 aliphatic heterocycles. The minimum absolute atomic E-state index is 0.356. The largest absolute Gasteiger partial charge is 0.494 e. The Hall–Kier alpha value is -1.45. The molecule has 0 amide bonds. The van der Waals surface area contributed by atoms with E-state index >= 15 is 0 Å². The Bertz CT molecular complexity index is 350. The molecule has 78 valence electrons. The molecule has 0 spiro atoms. The minimum atomic E-state index is -0.356. The summed E-state index contributed by atoms with van der Waals surface area (Å²) in [6, 6.07) is 5.28. The molecule has 0 saturated heterocycles. The minimum Gasteiger partial charge on any atom is -0.494 e. The van der Waals surface area contributed by atoms with Crippen LogP contribution in [0.25, 0.3) is 0 Å². The molecule has 0 unspecified atom stereocenters. The van der Waals surface area contributed by atoms with Crippen LogP contribution >= 0.6 is 0 Å². The quantitative estimate of drug-likeness (QED) is 0.553. The van der Waals surface area contributed by atoms with Gasteiger partial charge in [-0.3, -0.25) is 0 Å². The van der Waals surface area contributed by atoms with Crippen molar-refractivity contribution in [3.05, 3.63) is 29.3 Å². The van der Waals surface area contributed by atoms with Gasteiger partial charge in [-0.25, -0.2) is 4.79 Å². The molecule has 0 heterocycles. The van der Waals surface area contributed by atoms with Gasteiger partial charge in [-0.05, 0) is 24.6 Å². The summed E-state index contributed by atoms with van der Waals surface area (Å²) in [6.45, 7) is 2.28. The van der Waals surface area contributed by atoms with Gasteiger partial charge < -0.3 is 9.47 Å². The first-order valence-corrected chi connectivity index (χ1v) is 4.71. The lowest BCUT2D eigenvalue weighted by Gasteiger charge is -2.08. The van der Waals surface area contributed by atoms with E-state index in [-0.39, 0.29) is 5.97 Å². The van der Waals surface area contributed by atoms with E-state index in [1.54, 1.807) is 12.1 Å². The molecule has 0 bridgehead atoms. The van der Waals surface area contributed by atoms with Gasteiger partial charge >= 0.3 is 5.97 Å². The Kier molecular flexibility index (Phi) is 4.22. The summed E-state index contributed by atoms with van der Waals surface area (Å²) in [5, 5.41) is 0. The van der Waals surface area contributed by atoms with Crippen LogP contribution < -0.4 is 4.74 Å². The zero-order chi connectivity index (χ0) is 11.3. The average molecular weight is 204 g/mol. The smallest absolute Gasteiger partial charge is 0.338 e. The molecule has 0 aliphatic rings. The fraction of sp³-hybridized carbons (Fsp3) is 0.364. The van der Waals surface area contributed by atoms with E-state index in [1.165, 1.54) is 7.11 Å². The third-order valence-electron chi connectivity index (χ3n) is 2.00. The van der Waals surface area contributed by atoms with E-state index in [1.807, 2.05) is 13.0 Å². The second kappa shape index (κ2) is 5.44. The number of hydrogen-bond donors (Lipinski definition) is 0. The van der Waals surface area contributed by atoms with Gasteiger partial charge in [0.25, 0.3) is 0 Å². The lowest BCUT2D eigenvalue weighted by atomic mass is 10.1. The van der Waals surface area contributed by atoms with Crippen molar-refractivity contribution >= 4 is 13.8 Å². The Morgan fingerprint density at radius 1 is 1.47 bits per heavy atom. The number of carbonyl (C=O) groups excluding carboxylic acids is 1. The third kappa shape index (κ3) is 3.01. The van der Waals surface area contributed by atoms with E-state index in [2.05, 4.69) is 4.74 Å². The van der Waals surface area contributed by atoms with Gasteiger partial charge in [-0.1, -0.05) is 12.4 Å². The number of rotatable bonds is 4. The van der Waals surface area contributed by atoms with Gasteiger partial charge in [0.15, 0.2) is 0 Å². The van der Waals surface area contributed by atoms with Gasteiger partial charge in [-0.2, -0.15) is 0 Å². The van der Waals surface area contributed by atoms with Gasteiger partial charge in [0.05, 0.1) is 27.1 Å². The Labute approximate surface area is 90.8 Å². The fourth-order valence-corrected chi connectivity index (χ4v) is 1.20. The maximum absolute atomic E-state index is 11.4. The lowest BCUT2D eigenvalue weighted by Crippen LogP contribution is -2.05. The zero-order valence-electron chi connectivity index (χ0n) is 8.95. The Morgan fingerprint density at radius 2 is 2.20 bits per heavy atom. The molecule has 0 atom stereocenters. The molecule has 1 rings (SSSR count). The van der Waals surface area contributed by atoms with Crippen LogP contribution in [0.1, 0.15) is 15.9 Å². The molecule has 4 heteroatoms. The summed E-state index contributed by atoms with van der Waals surface area (Å²) < 4.78 is 9.97. The summed E-state index contributed by atoms with van der Waals surface area (Å²) in [5.41, 5.74) is 1.38. The van der Waals surface area contributed by atoms with Crippen LogP contribution in [0.15, 0.2) is 18.2 Å². The normalized spacial score (nSPS) is 9.73. The molecular weight excluding hydrogens is 191 g/mol. The number of methoxy groups -OCH3 is 1. The lowest BCUT2D eigenvalue weighted by molar-refractivity contribution is 0.0599. The van der Waals surface area contributed by atoms with Crippen LogP contribution in [0.4, 0.5) is 0 Å².